The van der Waals surface area contributed by atoms with Crippen LogP contribution in [0.15, 0.2) is 65.2 Å². The van der Waals surface area contributed by atoms with E-state index < -0.39 is 0 Å². The molecule has 1 aromatic heterocycles. The molecule has 27 heavy (non-hydrogen) atoms. The van der Waals surface area contributed by atoms with Crippen molar-refractivity contribution in [3.05, 3.63) is 77.5 Å². The minimum absolute atomic E-state index is 0.174. The molecule has 0 saturated carbocycles. The molecule has 5 heteroatoms. The van der Waals surface area contributed by atoms with E-state index in [4.69, 9.17) is 9.26 Å². The summed E-state index contributed by atoms with van der Waals surface area (Å²) in [6.07, 6.45) is 4.39. The Bertz CT molecular complexity index is 976. The molecule has 1 unspecified atom stereocenters. The van der Waals surface area contributed by atoms with Gasteiger partial charge in [0.15, 0.2) is 5.76 Å². The molecule has 3 aromatic rings. The number of nitrogens with one attached hydrogen (secondary N) is 1. The molecule has 5 nitrogen and oxygen atoms in total. The summed E-state index contributed by atoms with van der Waals surface area (Å²) >= 11 is 0. The van der Waals surface area contributed by atoms with Crippen molar-refractivity contribution in [2.24, 2.45) is 0 Å². The summed E-state index contributed by atoms with van der Waals surface area (Å²) in [5.74, 6) is 1.44. The third-order valence-corrected chi connectivity index (χ3v) is 4.41. The molecule has 2 aromatic carbocycles. The first-order valence-electron chi connectivity index (χ1n) is 8.94. The van der Waals surface area contributed by atoms with E-state index in [2.05, 4.69) is 23.5 Å². The lowest BCUT2D eigenvalue weighted by molar-refractivity contribution is -0.116. The maximum Gasteiger partial charge on any atom is 0.244 e. The van der Waals surface area contributed by atoms with Crippen molar-refractivity contribution in [3.8, 4) is 17.1 Å². The molecule has 0 fully saturated rings. The van der Waals surface area contributed by atoms with Crippen molar-refractivity contribution in [3.63, 3.8) is 0 Å². The summed E-state index contributed by atoms with van der Waals surface area (Å²) in [4.78, 5) is 12.0. The number of fused-ring (bicyclic) bond motifs is 1. The summed E-state index contributed by atoms with van der Waals surface area (Å²) in [6.45, 7) is 2.37. The van der Waals surface area contributed by atoms with Crippen LogP contribution in [0.4, 0.5) is 0 Å². The molecule has 1 aliphatic rings. The number of aromatic nitrogens is 1. The van der Waals surface area contributed by atoms with Crippen LogP contribution in [-0.4, -0.2) is 17.2 Å². The van der Waals surface area contributed by atoms with Crippen LogP contribution < -0.4 is 10.1 Å². The predicted octanol–water partition coefficient (Wildman–Crippen LogP) is 3.99. The Morgan fingerprint density at radius 2 is 2.07 bits per heavy atom. The van der Waals surface area contributed by atoms with Gasteiger partial charge in [-0.25, -0.2) is 0 Å². The number of amides is 1. The number of nitrogens with zero attached hydrogens (tertiary/aromatic N) is 1. The van der Waals surface area contributed by atoms with Crippen LogP contribution in [0.5, 0.6) is 5.75 Å². The Morgan fingerprint density at radius 3 is 2.93 bits per heavy atom. The van der Waals surface area contributed by atoms with Gasteiger partial charge in [0.05, 0.1) is 6.54 Å². The van der Waals surface area contributed by atoms with Crippen molar-refractivity contribution in [1.82, 2.24) is 10.5 Å². The van der Waals surface area contributed by atoms with Crippen LogP contribution >= 0.6 is 0 Å². The second kappa shape index (κ2) is 7.50. The summed E-state index contributed by atoms with van der Waals surface area (Å²) in [5.41, 5.74) is 3.79. The highest BCUT2D eigenvalue weighted by Crippen LogP contribution is 2.33. The van der Waals surface area contributed by atoms with Crippen molar-refractivity contribution >= 4 is 12.0 Å². The lowest BCUT2D eigenvalue weighted by Gasteiger charge is -2.02. The van der Waals surface area contributed by atoms with Crippen LogP contribution in [-0.2, 0) is 17.8 Å². The lowest BCUT2D eigenvalue weighted by Crippen LogP contribution is -2.20. The van der Waals surface area contributed by atoms with Gasteiger partial charge in [-0.15, -0.1) is 0 Å². The van der Waals surface area contributed by atoms with Gasteiger partial charge in [-0.3, -0.25) is 4.79 Å². The molecule has 4 rings (SSSR count). The molecule has 2 heterocycles. The molecular formula is C22H20N2O3. The Morgan fingerprint density at radius 1 is 1.22 bits per heavy atom. The molecule has 0 saturated heterocycles. The lowest BCUT2D eigenvalue weighted by atomic mass is 10.1. The minimum atomic E-state index is -0.174. The smallest absolute Gasteiger partial charge is 0.244 e. The molecule has 136 valence electrons. The zero-order valence-electron chi connectivity index (χ0n) is 15.0. The first-order valence-corrected chi connectivity index (χ1v) is 8.94. The van der Waals surface area contributed by atoms with Crippen molar-refractivity contribution in [1.29, 1.82) is 0 Å². The van der Waals surface area contributed by atoms with E-state index in [1.54, 1.807) is 6.08 Å². The maximum absolute atomic E-state index is 12.0. The van der Waals surface area contributed by atoms with Crippen molar-refractivity contribution in [2.75, 3.05) is 0 Å². The van der Waals surface area contributed by atoms with Gasteiger partial charge >= 0.3 is 0 Å². The fourth-order valence-electron chi connectivity index (χ4n) is 3.08. The zero-order valence-corrected chi connectivity index (χ0v) is 15.0. The minimum Gasteiger partial charge on any atom is -0.490 e. The average Bonchev–Trinajstić information content (AvgIpc) is 3.30. The topological polar surface area (TPSA) is 64.4 Å². The normalized spacial score (nSPS) is 15.5. The number of hydrogen-bond acceptors (Lipinski definition) is 4. The van der Waals surface area contributed by atoms with Crippen molar-refractivity contribution in [2.45, 2.75) is 26.0 Å². The molecule has 0 bridgehead atoms. The van der Waals surface area contributed by atoms with Gasteiger partial charge in [-0.2, -0.15) is 0 Å². The highest BCUT2D eigenvalue weighted by atomic mass is 16.5. The van der Waals surface area contributed by atoms with Gasteiger partial charge in [0.2, 0.25) is 5.91 Å². The Balaban J connectivity index is 1.37. The van der Waals surface area contributed by atoms with Crippen LogP contribution in [0, 0.1) is 0 Å². The Kier molecular flexibility index (Phi) is 4.75. The number of carbonyl (C=O) groups is 1. The highest BCUT2D eigenvalue weighted by molar-refractivity contribution is 5.91. The highest BCUT2D eigenvalue weighted by Gasteiger charge is 2.20. The first kappa shape index (κ1) is 17.1. The first-order chi connectivity index (χ1) is 13.2. The summed E-state index contributed by atoms with van der Waals surface area (Å²) in [5, 5.41) is 6.86. The third kappa shape index (κ3) is 4.08. The fraction of sp³-hybridized carbons (Fsp3) is 0.182. The molecule has 0 radical (unpaired) electrons. The van der Waals surface area contributed by atoms with Crippen LogP contribution in [0.2, 0.25) is 0 Å². The van der Waals surface area contributed by atoms with Gasteiger partial charge in [-0.05, 0) is 42.3 Å². The second-order valence-corrected chi connectivity index (χ2v) is 6.60. The number of benzene rings is 2. The van der Waals surface area contributed by atoms with Crippen LogP contribution in [0.1, 0.15) is 23.7 Å². The molecule has 1 N–H and O–H groups in total. The summed E-state index contributed by atoms with van der Waals surface area (Å²) in [7, 11) is 0. The molecule has 1 amide bonds. The molecule has 0 spiro atoms. The summed E-state index contributed by atoms with van der Waals surface area (Å²) in [6, 6.07) is 17.5. The van der Waals surface area contributed by atoms with Gasteiger partial charge in [0.25, 0.3) is 0 Å². The van der Waals surface area contributed by atoms with Gasteiger partial charge in [0.1, 0.15) is 17.5 Å². The average molecular weight is 360 g/mol. The molecule has 1 aliphatic heterocycles. The molecular weight excluding hydrogens is 340 g/mol. The Hall–Kier alpha value is -3.34. The van der Waals surface area contributed by atoms with Gasteiger partial charge < -0.3 is 14.6 Å². The van der Waals surface area contributed by atoms with Crippen LogP contribution in [0.25, 0.3) is 17.4 Å². The van der Waals surface area contributed by atoms with E-state index in [-0.39, 0.29) is 12.0 Å². The van der Waals surface area contributed by atoms with E-state index in [0.29, 0.717) is 18.0 Å². The molecule has 1 atom stereocenters. The fourth-order valence-corrected chi connectivity index (χ4v) is 3.08. The monoisotopic (exact) mass is 360 g/mol. The Labute approximate surface area is 157 Å². The SMILES string of the molecule is CC1Cc2cc(-c3cc(CNC(=O)/C=C/c4ccccc4)no3)ccc2O1. The standard InChI is InChI=1S/C22H20N2O3/c1-15-11-18-12-17(8-9-20(18)26-15)21-13-19(24-27-21)14-23-22(25)10-7-16-5-3-2-4-6-16/h2-10,12-13,15H,11,14H2,1H3,(H,23,25)/b10-7+. The maximum atomic E-state index is 12.0. The van der Waals surface area contributed by atoms with Gasteiger partial charge in [0, 0.05) is 24.1 Å². The summed E-state index contributed by atoms with van der Waals surface area (Å²) < 4.78 is 11.2. The number of hydrogen-bond donors (Lipinski definition) is 1. The predicted molar refractivity (Wildman–Crippen MR) is 103 cm³/mol. The van der Waals surface area contributed by atoms with E-state index >= 15 is 0 Å². The number of carbonyl (C=O) groups excluding carboxylic acids is 1. The number of ether oxygens (including phenoxy) is 1. The number of rotatable bonds is 5. The second-order valence-electron chi connectivity index (χ2n) is 6.60. The van der Waals surface area contributed by atoms with E-state index in [1.165, 1.54) is 11.6 Å². The third-order valence-electron chi connectivity index (χ3n) is 4.41. The quantitative estimate of drug-likeness (QED) is 0.699. The van der Waals surface area contributed by atoms with Crippen molar-refractivity contribution < 1.29 is 14.1 Å². The van der Waals surface area contributed by atoms with E-state index in [0.717, 1.165) is 23.3 Å². The van der Waals surface area contributed by atoms with E-state index in [9.17, 15) is 4.79 Å². The largest absolute Gasteiger partial charge is 0.490 e. The van der Waals surface area contributed by atoms with E-state index in [1.807, 2.05) is 48.5 Å². The van der Waals surface area contributed by atoms with Crippen LogP contribution in [0.3, 0.4) is 0 Å². The molecule has 0 aliphatic carbocycles. The van der Waals surface area contributed by atoms with Gasteiger partial charge in [-0.1, -0.05) is 35.5 Å². The zero-order chi connectivity index (χ0) is 18.6.